The molecule has 2 aromatic carbocycles. The van der Waals surface area contributed by atoms with Gasteiger partial charge in [0.1, 0.15) is 17.9 Å². The van der Waals surface area contributed by atoms with Crippen LogP contribution in [-0.4, -0.2) is 55.2 Å². The molecule has 2 heterocycles. The van der Waals surface area contributed by atoms with E-state index in [1.165, 1.54) is 32.1 Å². The van der Waals surface area contributed by atoms with Crippen molar-refractivity contribution < 1.29 is 19.4 Å². The maximum Gasteiger partial charge on any atom is 0.341 e. The van der Waals surface area contributed by atoms with E-state index in [4.69, 9.17) is 9.47 Å². The zero-order valence-corrected chi connectivity index (χ0v) is 23.6. The van der Waals surface area contributed by atoms with Gasteiger partial charge in [0.25, 0.3) is 0 Å². The van der Waals surface area contributed by atoms with Crippen LogP contribution in [0.25, 0.3) is 16.8 Å². The summed E-state index contributed by atoms with van der Waals surface area (Å²) in [4.78, 5) is 12.9. The van der Waals surface area contributed by atoms with Crippen molar-refractivity contribution in [1.82, 2.24) is 24.8 Å². The van der Waals surface area contributed by atoms with Gasteiger partial charge in [0, 0.05) is 25.1 Å². The number of hydrogen-bond donors (Lipinski definition) is 1. The largest absolute Gasteiger partial charge is 0.490 e. The molecule has 0 bridgehead atoms. The number of hydrogen-bond acceptors (Lipinski definition) is 7. The average Bonchev–Trinajstić information content (AvgIpc) is 3.45. The highest BCUT2D eigenvalue weighted by Gasteiger charge is 2.46. The molecule has 3 atom stereocenters. The summed E-state index contributed by atoms with van der Waals surface area (Å²) < 4.78 is 15.2. The molecule has 0 amide bonds. The number of ether oxygens (including phenoxy) is 2. The first kappa shape index (κ1) is 27.2. The zero-order chi connectivity index (χ0) is 28.3. The van der Waals surface area contributed by atoms with E-state index in [9.17, 15) is 9.90 Å². The van der Waals surface area contributed by atoms with Crippen LogP contribution in [0.5, 0.6) is 5.75 Å². The number of aliphatic hydroxyl groups is 1. The van der Waals surface area contributed by atoms with Crippen LogP contribution in [0.4, 0.5) is 0 Å². The van der Waals surface area contributed by atoms with E-state index in [0.29, 0.717) is 11.5 Å². The van der Waals surface area contributed by atoms with Crippen molar-refractivity contribution in [3.05, 3.63) is 77.9 Å². The first-order valence-corrected chi connectivity index (χ1v) is 14.6. The molecule has 0 radical (unpaired) electrons. The van der Waals surface area contributed by atoms with E-state index in [1.54, 1.807) is 10.9 Å². The summed E-state index contributed by atoms with van der Waals surface area (Å²) in [5.74, 6) is 1.20. The topological polar surface area (TPSA) is 104 Å². The molecule has 2 saturated carbocycles. The number of nitrogens with zero attached hydrogens (tertiary/aromatic N) is 5. The Bertz CT molecular complexity index is 1510. The molecule has 9 nitrogen and oxygen atoms in total. The summed E-state index contributed by atoms with van der Waals surface area (Å²) in [5.41, 5.74) is 5.04. The lowest BCUT2D eigenvalue weighted by atomic mass is 9.86. The lowest BCUT2D eigenvalue weighted by Crippen LogP contribution is -2.25. The summed E-state index contributed by atoms with van der Waals surface area (Å²) in [6.07, 6.45) is 10.9. The number of benzene rings is 2. The van der Waals surface area contributed by atoms with Crippen LogP contribution < -0.4 is 4.74 Å². The standard InChI is InChI=1S/C32H37N5O4/c1-21(22-8-4-3-5-9-22)41-26-13-7-11-24(17-26)23-10-6-12-25(16-23)37-31(29(19-33-37)32(39)40-15-14-38)28-18-27(28)30-20-36(2)35-34-30/h6-7,10-13,16-17,19-22,27-28,38H,3-5,8-9,14-15,18H2,1-2H3/t21?,27-,28-/m1/s1. The molecule has 41 heavy (non-hydrogen) atoms. The zero-order valence-electron chi connectivity index (χ0n) is 23.6. The number of aliphatic hydroxyl groups excluding tert-OH is 1. The van der Waals surface area contributed by atoms with Gasteiger partial charge in [-0.2, -0.15) is 5.10 Å². The SMILES string of the molecule is CC(Oc1cccc(-c2cccc(-n3ncc(C(=O)OCCO)c3[C@@H]3C[C@H]3c3cn(C)nn3)c2)c1)C1CCCCC1. The van der Waals surface area contributed by atoms with Crippen LogP contribution in [0.2, 0.25) is 0 Å². The molecule has 2 fully saturated rings. The Morgan fingerprint density at radius 3 is 2.61 bits per heavy atom. The van der Waals surface area contributed by atoms with Crippen LogP contribution in [0, 0.1) is 5.92 Å². The molecule has 2 aliphatic carbocycles. The highest BCUT2D eigenvalue weighted by molar-refractivity contribution is 5.91. The summed E-state index contributed by atoms with van der Waals surface area (Å²) in [7, 11) is 1.85. The van der Waals surface area contributed by atoms with E-state index in [0.717, 1.165) is 40.4 Å². The molecular formula is C32H37N5O4. The van der Waals surface area contributed by atoms with Crippen molar-refractivity contribution in [2.24, 2.45) is 13.0 Å². The monoisotopic (exact) mass is 555 g/mol. The van der Waals surface area contributed by atoms with Crippen molar-refractivity contribution >= 4 is 5.97 Å². The fraction of sp³-hybridized carbons (Fsp3) is 0.438. The van der Waals surface area contributed by atoms with Gasteiger partial charge in [-0.05, 0) is 67.5 Å². The van der Waals surface area contributed by atoms with Crippen molar-refractivity contribution in [3.8, 4) is 22.6 Å². The van der Waals surface area contributed by atoms with Gasteiger partial charge in [0.15, 0.2) is 0 Å². The molecule has 6 rings (SSSR count). The summed E-state index contributed by atoms with van der Waals surface area (Å²) in [5, 5.41) is 22.2. The van der Waals surface area contributed by atoms with Gasteiger partial charge in [-0.3, -0.25) is 4.68 Å². The third-order valence-corrected chi connectivity index (χ3v) is 8.39. The fourth-order valence-corrected chi connectivity index (χ4v) is 6.13. The minimum absolute atomic E-state index is 0.0486. The minimum Gasteiger partial charge on any atom is -0.490 e. The molecule has 2 aromatic heterocycles. The Morgan fingerprint density at radius 2 is 1.85 bits per heavy atom. The highest BCUT2D eigenvalue weighted by Crippen LogP contribution is 2.55. The molecule has 9 heteroatoms. The summed E-state index contributed by atoms with van der Waals surface area (Å²) in [6.45, 7) is 1.90. The van der Waals surface area contributed by atoms with E-state index >= 15 is 0 Å². The predicted octanol–water partition coefficient (Wildman–Crippen LogP) is 5.44. The van der Waals surface area contributed by atoms with Crippen LogP contribution in [-0.2, 0) is 11.8 Å². The van der Waals surface area contributed by atoms with Gasteiger partial charge in [0.05, 0.1) is 36.0 Å². The molecular weight excluding hydrogens is 518 g/mol. The molecule has 214 valence electrons. The van der Waals surface area contributed by atoms with Crippen LogP contribution in [0.1, 0.15) is 79.0 Å². The molecule has 0 saturated heterocycles. The number of carbonyl (C=O) groups excluding carboxylic acids is 1. The van der Waals surface area contributed by atoms with Gasteiger partial charge < -0.3 is 14.6 Å². The molecule has 0 aliphatic heterocycles. The van der Waals surface area contributed by atoms with Crippen molar-refractivity contribution in [2.45, 2.75) is 63.4 Å². The lowest BCUT2D eigenvalue weighted by molar-refractivity contribution is 0.0432. The first-order chi connectivity index (χ1) is 20.0. The fourth-order valence-electron chi connectivity index (χ4n) is 6.13. The second kappa shape index (κ2) is 11.9. The number of esters is 1. The highest BCUT2D eigenvalue weighted by atomic mass is 16.5. The first-order valence-electron chi connectivity index (χ1n) is 14.6. The van der Waals surface area contributed by atoms with Gasteiger partial charge in [0.2, 0.25) is 0 Å². The van der Waals surface area contributed by atoms with E-state index in [2.05, 4.69) is 46.6 Å². The van der Waals surface area contributed by atoms with Crippen molar-refractivity contribution in [1.29, 1.82) is 0 Å². The Labute approximate surface area is 240 Å². The summed E-state index contributed by atoms with van der Waals surface area (Å²) in [6, 6.07) is 16.4. The third-order valence-electron chi connectivity index (χ3n) is 8.39. The molecule has 1 N–H and O–H groups in total. The van der Waals surface area contributed by atoms with Crippen molar-refractivity contribution in [3.63, 3.8) is 0 Å². The Morgan fingerprint density at radius 1 is 1.07 bits per heavy atom. The third kappa shape index (κ3) is 5.91. The number of carbonyl (C=O) groups is 1. The Balaban J connectivity index is 1.29. The second-order valence-corrected chi connectivity index (χ2v) is 11.3. The smallest absolute Gasteiger partial charge is 0.341 e. The van der Waals surface area contributed by atoms with E-state index < -0.39 is 5.97 Å². The maximum atomic E-state index is 12.9. The van der Waals surface area contributed by atoms with Gasteiger partial charge in [-0.25, -0.2) is 9.48 Å². The number of aryl methyl sites for hydroxylation is 1. The number of aromatic nitrogens is 5. The Hall–Kier alpha value is -3.98. The second-order valence-electron chi connectivity index (χ2n) is 11.3. The van der Waals surface area contributed by atoms with Crippen LogP contribution in [0.3, 0.4) is 0 Å². The van der Waals surface area contributed by atoms with Crippen LogP contribution >= 0.6 is 0 Å². The van der Waals surface area contributed by atoms with E-state index in [-0.39, 0.29) is 31.2 Å². The summed E-state index contributed by atoms with van der Waals surface area (Å²) >= 11 is 0. The van der Waals surface area contributed by atoms with Gasteiger partial charge in [-0.1, -0.05) is 48.7 Å². The molecule has 0 spiro atoms. The lowest BCUT2D eigenvalue weighted by Gasteiger charge is -2.28. The minimum atomic E-state index is -0.488. The predicted molar refractivity (Wildman–Crippen MR) is 154 cm³/mol. The number of rotatable bonds is 10. The van der Waals surface area contributed by atoms with Crippen molar-refractivity contribution in [2.75, 3.05) is 13.2 Å². The van der Waals surface area contributed by atoms with Gasteiger partial charge >= 0.3 is 5.97 Å². The van der Waals surface area contributed by atoms with Crippen LogP contribution in [0.15, 0.2) is 60.9 Å². The average molecular weight is 556 g/mol. The Kier molecular flexibility index (Phi) is 7.87. The quantitative estimate of drug-likeness (QED) is 0.260. The van der Waals surface area contributed by atoms with E-state index in [1.807, 2.05) is 42.2 Å². The molecule has 2 aliphatic rings. The molecule has 1 unspecified atom stereocenters. The molecule has 4 aromatic rings. The normalized spacial score (nSPS) is 19.6. The van der Waals surface area contributed by atoms with Gasteiger partial charge in [-0.15, -0.1) is 5.10 Å². The maximum absolute atomic E-state index is 12.9.